The number of nitrogen functional groups attached to an aromatic ring is 1. The van der Waals surface area contributed by atoms with E-state index in [0.717, 1.165) is 11.3 Å². The minimum Gasteiger partial charge on any atom is -0.348 e. The van der Waals surface area contributed by atoms with Crippen LogP contribution < -0.4 is 16.6 Å². The first-order chi connectivity index (χ1) is 8.29. The van der Waals surface area contributed by atoms with E-state index in [-0.39, 0.29) is 5.91 Å². The topological polar surface area (TPSA) is 67.1 Å². The summed E-state index contributed by atoms with van der Waals surface area (Å²) in [6, 6.07) is 8.99. The number of nitrogens with one attached hydrogen (secondary N) is 2. The number of carbonyl (C=O) groups is 1. The fourth-order valence-electron chi connectivity index (χ4n) is 1.40. The number of nitrogens with two attached hydrogens (primary N) is 1. The Bertz CT molecular complexity index is 479. The second-order valence-corrected chi connectivity index (χ2v) is 4.32. The maximum absolute atomic E-state index is 11.8. The first-order valence-electron chi connectivity index (χ1n) is 5.15. The Balaban J connectivity index is 1.95. The average molecular weight is 247 g/mol. The molecule has 1 amide bonds. The molecule has 0 aliphatic heterocycles. The molecule has 0 aliphatic carbocycles. The van der Waals surface area contributed by atoms with E-state index >= 15 is 0 Å². The number of rotatable bonds is 4. The third kappa shape index (κ3) is 3.05. The highest BCUT2D eigenvalue weighted by atomic mass is 32.1. The monoisotopic (exact) mass is 247 g/mol. The summed E-state index contributed by atoms with van der Waals surface area (Å²) >= 11 is 1.62. The molecule has 1 aromatic carbocycles. The summed E-state index contributed by atoms with van der Waals surface area (Å²) in [4.78, 5) is 11.8. The Morgan fingerprint density at radius 1 is 1.24 bits per heavy atom. The third-order valence-electron chi connectivity index (χ3n) is 2.35. The summed E-state index contributed by atoms with van der Waals surface area (Å²) in [6.45, 7) is 0.555. The van der Waals surface area contributed by atoms with Crippen LogP contribution in [-0.4, -0.2) is 5.91 Å². The molecule has 0 bridgehead atoms. The van der Waals surface area contributed by atoms with Gasteiger partial charge in [-0.25, -0.2) is 0 Å². The van der Waals surface area contributed by atoms with Crippen LogP contribution in [0.3, 0.4) is 0 Å². The van der Waals surface area contributed by atoms with E-state index in [0.29, 0.717) is 12.1 Å². The van der Waals surface area contributed by atoms with E-state index in [4.69, 9.17) is 5.84 Å². The van der Waals surface area contributed by atoms with E-state index in [1.165, 1.54) is 0 Å². The Hall–Kier alpha value is -1.85. The van der Waals surface area contributed by atoms with Crippen molar-refractivity contribution in [3.8, 4) is 0 Å². The summed E-state index contributed by atoms with van der Waals surface area (Å²) in [5.74, 6) is 5.17. The van der Waals surface area contributed by atoms with Gasteiger partial charge in [-0.2, -0.15) is 11.3 Å². The maximum atomic E-state index is 11.8. The lowest BCUT2D eigenvalue weighted by atomic mass is 10.2. The SMILES string of the molecule is NNc1ccc(C(=O)NCc2ccsc2)cc1. The summed E-state index contributed by atoms with van der Waals surface area (Å²) < 4.78 is 0. The van der Waals surface area contributed by atoms with Crippen molar-refractivity contribution >= 4 is 22.9 Å². The average Bonchev–Trinajstić information content (AvgIpc) is 2.89. The van der Waals surface area contributed by atoms with Gasteiger partial charge in [0.15, 0.2) is 0 Å². The molecular weight excluding hydrogens is 234 g/mol. The molecular formula is C12H13N3OS. The van der Waals surface area contributed by atoms with Gasteiger partial charge in [0.2, 0.25) is 0 Å². The standard InChI is InChI=1S/C12H13N3OS/c13-15-11-3-1-10(2-4-11)12(16)14-7-9-5-6-17-8-9/h1-6,8,15H,7,13H2,(H,14,16). The van der Waals surface area contributed by atoms with Gasteiger partial charge in [-0.15, -0.1) is 0 Å². The molecule has 5 heteroatoms. The van der Waals surface area contributed by atoms with Crippen LogP contribution in [-0.2, 0) is 6.54 Å². The number of hydrogen-bond donors (Lipinski definition) is 3. The molecule has 0 radical (unpaired) electrons. The molecule has 17 heavy (non-hydrogen) atoms. The molecule has 88 valence electrons. The largest absolute Gasteiger partial charge is 0.348 e. The zero-order chi connectivity index (χ0) is 12.1. The van der Waals surface area contributed by atoms with E-state index < -0.39 is 0 Å². The van der Waals surface area contributed by atoms with Crippen LogP contribution in [0.4, 0.5) is 5.69 Å². The van der Waals surface area contributed by atoms with Crippen molar-refractivity contribution < 1.29 is 4.79 Å². The summed E-state index contributed by atoms with van der Waals surface area (Å²) in [7, 11) is 0. The van der Waals surface area contributed by atoms with Gasteiger partial charge in [-0.05, 0) is 46.7 Å². The Kier molecular flexibility index (Phi) is 3.74. The first kappa shape index (κ1) is 11.6. The molecule has 0 fully saturated rings. The molecule has 1 aromatic heterocycles. The second-order valence-electron chi connectivity index (χ2n) is 3.54. The van der Waals surface area contributed by atoms with Crippen LogP contribution in [0.1, 0.15) is 15.9 Å². The normalized spacial score (nSPS) is 9.94. The van der Waals surface area contributed by atoms with Gasteiger partial charge in [0.25, 0.3) is 5.91 Å². The number of hydrogen-bond acceptors (Lipinski definition) is 4. The molecule has 0 saturated carbocycles. The summed E-state index contributed by atoms with van der Waals surface area (Å²) in [5.41, 5.74) is 5.03. The van der Waals surface area contributed by atoms with Crippen molar-refractivity contribution in [2.45, 2.75) is 6.54 Å². The van der Waals surface area contributed by atoms with Crippen molar-refractivity contribution in [1.82, 2.24) is 5.32 Å². The van der Waals surface area contributed by atoms with Gasteiger partial charge in [0, 0.05) is 17.8 Å². The van der Waals surface area contributed by atoms with Crippen molar-refractivity contribution in [2.75, 3.05) is 5.43 Å². The van der Waals surface area contributed by atoms with Crippen LogP contribution in [0.2, 0.25) is 0 Å². The number of carbonyl (C=O) groups excluding carboxylic acids is 1. The van der Waals surface area contributed by atoms with Gasteiger partial charge < -0.3 is 10.7 Å². The van der Waals surface area contributed by atoms with E-state index in [1.54, 1.807) is 35.6 Å². The first-order valence-corrected chi connectivity index (χ1v) is 6.10. The van der Waals surface area contributed by atoms with Gasteiger partial charge in [0.1, 0.15) is 0 Å². The van der Waals surface area contributed by atoms with Crippen LogP contribution in [0, 0.1) is 0 Å². The number of anilines is 1. The van der Waals surface area contributed by atoms with Crippen LogP contribution in [0.5, 0.6) is 0 Å². The fourth-order valence-corrected chi connectivity index (χ4v) is 2.06. The molecule has 0 spiro atoms. The Morgan fingerprint density at radius 2 is 2.00 bits per heavy atom. The minimum atomic E-state index is -0.0835. The zero-order valence-corrected chi connectivity index (χ0v) is 9.96. The zero-order valence-electron chi connectivity index (χ0n) is 9.14. The summed E-state index contributed by atoms with van der Waals surface area (Å²) in [6.07, 6.45) is 0. The quantitative estimate of drug-likeness (QED) is 0.571. The minimum absolute atomic E-state index is 0.0835. The molecule has 0 saturated heterocycles. The predicted molar refractivity (Wildman–Crippen MR) is 69.7 cm³/mol. The van der Waals surface area contributed by atoms with Crippen molar-refractivity contribution in [3.05, 3.63) is 52.2 Å². The molecule has 4 nitrogen and oxygen atoms in total. The molecule has 4 N–H and O–H groups in total. The highest BCUT2D eigenvalue weighted by Crippen LogP contribution is 2.09. The Morgan fingerprint density at radius 3 is 2.59 bits per heavy atom. The molecule has 0 atom stereocenters. The van der Waals surface area contributed by atoms with Gasteiger partial charge in [-0.1, -0.05) is 0 Å². The fraction of sp³-hybridized carbons (Fsp3) is 0.0833. The van der Waals surface area contributed by atoms with Gasteiger partial charge in [0.05, 0.1) is 0 Å². The number of benzene rings is 1. The molecule has 0 aliphatic rings. The molecule has 1 heterocycles. The number of amides is 1. The highest BCUT2D eigenvalue weighted by Gasteiger charge is 2.04. The van der Waals surface area contributed by atoms with E-state index in [1.807, 2.05) is 16.8 Å². The Labute approximate surface area is 103 Å². The number of thiophene rings is 1. The number of hydrazine groups is 1. The lowest BCUT2D eigenvalue weighted by Gasteiger charge is -2.05. The van der Waals surface area contributed by atoms with Crippen LogP contribution in [0.15, 0.2) is 41.1 Å². The van der Waals surface area contributed by atoms with Gasteiger partial charge >= 0.3 is 0 Å². The van der Waals surface area contributed by atoms with Gasteiger partial charge in [-0.3, -0.25) is 10.6 Å². The summed E-state index contributed by atoms with van der Waals surface area (Å²) in [5, 5.41) is 6.86. The lowest BCUT2D eigenvalue weighted by molar-refractivity contribution is 0.0951. The molecule has 0 unspecified atom stereocenters. The van der Waals surface area contributed by atoms with Crippen molar-refractivity contribution in [2.24, 2.45) is 5.84 Å². The molecule has 2 aromatic rings. The van der Waals surface area contributed by atoms with E-state index in [2.05, 4.69) is 10.7 Å². The van der Waals surface area contributed by atoms with Crippen LogP contribution in [0.25, 0.3) is 0 Å². The van der Waals surface area contributed by atoms with E-state index in [9.17, 15) is 4.79 Å². The van der Waals surface area contributed by atoms with Crippen molar-refractivity contribution in [3.63, 3.8) is 0 Å². The maximum Gasteiger partial charge on any atom is 0.251 e. The second kappa shape index (κ2) is 5.47. The highest BCUT2D eigenvalue weighted by molar-refractivity contribution is 7.07. The third-order valence-corrected chi connectivity index (χ3v) is 3.08. The van der Waals surface area contributed by atoms with Crippen molar-refractivity contribution in [1.29, 1.82) is 0 Å². The predicted octanol–water partition coefficient (Wildman–Crippen LogP) is 1.96. The lowest BCUT2D eigenvalue weighted by Crippen LogP contribution is -2.22. The van der Waals surface area contributed by atoms with Crippen LogP contribution >= 0.6 is 11.3 Å². The molecule has 2 rings (SSSR count). The smallest absolute Gasteiger partial charge is 0.251 e.